The highest BCUT2D eigenvalue weighted by Crippen LogP contribution is 2.13. The Hall–Kier alpha value is -1.99. The van der Waals surface area contributed by atoms with Crippen LogP contribution >= 0.6 is 0 Å². The number of nitrogens with zero attached hydrogens (tertiary/aromatic N) is 1. The number of aliphatic hydroxyl groups is 1. The van der Waals surface area contributed by atoms with Crippen molar-refractivity contribution < 1.29 is 14.6 Å². The first-order chi connectivity index (χ1) is 8.19. The van der Waals surface area contributed by atoms with E-state index in [2.05, 4.69) is 5.92 Å². The van der Waals surface area contributed by atoms with Crippen LogP contribution in [-0.4, -0.2) is 42.7 Å². The highest BCUT2D eigenvalue weighted by Gasteiger charge is 2.10. The van der Waals surface area contributed by atoms with Crippen LogP contribution in [0, 0.1) is 12.3 Å². The largest absolute Gasteiger partial charge is 0.481 e. The summed E-state index contributed by atoms with van der Waals surface area (Å²) in [5, 5.41) is 8.74. The molecule has 0 radical (unpaired) electrons. The van der Waals surface area contributed by atoms with Crippen LogP contribution in [0.3, 0.4) is 0 Å². The second-order valence-corrected chi connectivity index (χ2v) is 3.47. The van der Waals surface area contributed by atoms with Crippen molar-refractivity contribution in [1.82, 2.24) is 4.90 Å². The summed E-state index contributed by atoms with van der Waals surface area (Å²) in [7, 11) is 1.64. The minimum atomic E-state index is -0.137. The average Bonchev–Trinajstić information content (AvgIpc) is 2.36. The van der Waals surface area contributed by atoms with Gasteiger partial charge in [-0.25, -0.2) is 0 Å². The predicted molar refractivity (Wildman–Crippen MR) is 64.8 cm³/mol. The lowest BCUT2D eigenvalue weighted by atomic mass is 10.2. The fourth-order valence-corrected chi connectivity index (χ4v) is 1.29. The quantitative estimate of drug-likeness (QED) is 0.764. The van der Waals surface area contributed by atoms with Gasteiger partial charge in [-0.15, -0.1) is 6.42 Å². The van der Waals surface area contributed by atoms with E-state index in [1.54, 1.807) is 31.3 Å². The molecule has 1 aromatic carbocycles. The molecule has 0 aliphatic rings. The lowest BCUT2D eigenvalue weighted by Gasteiger charge is -2.15. The van der Waals surface area contributed by atoms with Crippen LogP contribution in [0.4, 0.5) is 0 Å². The van der Waals surface area contributed by atoms with Gasteiger partial charge < -0.3 is 14.7 Å². The van der Waals surface area contributed by atoms with Crippen molar-refractivity contribution in [2.75, 3.05) is 26.8 Å². The zero-order valence-corrected chi connectivity index (χ0v) is 9.72. The first-order valence-corrected chi connectivity index (χ1v) is 5.21. The second kappa shape index (κ2) is 6.56. The fraction of sp³-hybridized carbons (Fsp3) is 0.308. The Kier molecular flexibility index (Phi) is 5.05. The molecule has 4 nitrogen and oxygen atoms in total. The number of ether oxygens (including phenoxy) is 1. The van der Waals surface area contributed by atoms with Gasteiger partial charge in [-0.1, -0.05) is 5.92 Å². The van der Waals surface area contributed by atoms with Gasteiger partial charge in [0, 0.05) is 19.2 Å². The Morgan fingerprint density at radius 1 is 1.47 bits per heavy atom. The molecular weight excluding hydrogens is 218 g/mol. The number of carbonyl (C=O) groups is 1. The first-order valence-electron chi connectivity index (χ1n) is 5.21. The van der Waals surface area contributed by atoms with Gasteiger partial charge in [-0.05, 0) is 24.3 Å². The molecule has 0 bridgehead atoms. The van der Waals surface area contributed by atoms with Crippen LogP contribution in [0.15, 0.2) is 24.3 Å². The maximum absolute atomic E-state index is 11.8. The first kappa shape index (κ1) is 13.1. The van der Waals surface area contributed by atoms with Crippen LogP contribution in [0.2, 0.25) is 0 Å². The third kappa shape index (κ3) is 3.82. The molecule has 90 valence electrons. The maximum atomic E-state index is 11.8. The van der Waals surface area contributed by atoms with Gasteiger partial charge in [0.1, 0.15) is 12.4 Å². The Labute approximate surface area is 101 Å². The Morgan fingerprint density at radius 3 is 2.65 bits per heavy atom. The number of likely N-dealkylation sites (N-methyl/N-ethyl adjacent to an activating group) is 1. The number of rotatable bonds is 5. The van der Waals surface area contributed by atoms with Crippen molar-refractivity contribution >= 4 is 5.91 Å². The Balaban J connectivity index is 2.67. The van der Waals surface area contributed by atoms with Gasteiger partial charge in [0.25, 0.3) is 5.91 Å². The molecule has 1 N–H and O–H groups in total. The van der Waals surface area contributed by atoms with Gasteiger partial charge in [0.05, 0.1) is 6.61 Å². The molecule has 1 rings (SSSR count). The SMILES string of the molecule is C#CCOc1ccc(C(=O)N(C)CCO)cc1. The summed E-state index contributed by atoms with van der Waals surface area (Å²) in [6, 6.07) is 6.72. The van der Waals surface area contributed by atoms with Crippen LogP contribution in [0.5, 0.6) is 5.75 Å². The summed E-state index contributed by atoms with van der Waals surface area (Å²) in [6.45, 7) is 0.470. The zero-order chi connectivity index (χ0) is 12.7. The topological polar surface area (TPSA) is 49.8 Å². The van der Waals surface area contributed by atoms with Crippen molar-refractivity contribution in [3.05, 3.63) is 29.8 Å². The molecule has 1 aromatic rings. The highest BCUT2D eigenvalue weighted by atomic mass is 16.5. The zero-order valence-electron chi connectivity index (χ0n) is 9.72. The van der Waals surface area contributed by atoms with Crippen molar-refractivity contribution in [3.63, 3.8) is 0 Å². The molecule has 0 aliphatic heterocycles. The van der Waals surface area contributed by atoms with Crippen LogP contribution in [0.1, 0.15) is 10.4 Å². The van der Waals surface area contributed by atoms with E-state index in [4.69, 9.17) is 16.3 Å². The van der Waals surface area contributed by atoms with Crippen LogP contribution in [0.25, 0.3) is 0 Å². The summed E-state index contributed by atoms with van der Waals surface area (Å²) in [5.74, 6) is 2.86. The standard InChI is InChI=1S/C13H15NO3/c1-3-10-17-12-6-4-11(5-7-12)13(16)14(2)8-9-15/h1,4-7,15H,8-10H2,2H3. The van der Waals surface area contributed by atoms with Crippen molar-refractivity contribution in [3.8, 4) is 18.1 Å². The van der Waals surface area contributed by atoms with E-state index in [1.165, 1.54) is 4.90 Å². The Morgan fingerprint density at radius 2 is 2.12 bits per heavy atom. The minimum Gasteiger partial charge on any atom is -0.481 e. The summed E-state index contributed by atoms with van der Waals surface area (Å²) in [4.78, 5) is 13.3. The summed E-state index contributed by atoms with van der Waals surface area (Å²) in [6.07, 6.45) is 5.07. The third-order valence-electron chi connectivity index (χ3n) is 2.21. The Bertz CT molecular complexity index is 406. The molecule has 1 amide bonds. The molecule has 0 aliphatic carbocycles. The molecule has 0 fully saturated rings. The number of hydrogen-bond donors (Lipinski definition) is 1. The summed E-state index contributed by atoms with van der Waals surface area (Å²) >= 11 is 0. The smallest absolute Gasteiger partial charge is 0.253 e. The van der Waals surface area contributed by atoms with E-state index >= 15 is 0 Å². The summed E-state index contributed by atoms with van der Waals surface area (Å²) < 4.78 is 5.20. The van der Waals surface area contributed by atoms with Crippen molar-refractivity contribution in [2.45, 2.75) is 0 Å². The predicted octanol–water partition coefficient (Wildman–Crippen LogP) is 0.763. The van der Waals surface area contributed by atoms with Gasteiger partial charge in [-0.3, -0.25) is 4.79 Å². The van der Waals surface area contributed by atoms with Gasteiger partial charge in [0.2, 0.25) is 0 Å². The van der Waals surface area contributed by atoms with E-state index in [9.17, 15) is 4.79 Å². The normalized spacial score (nSPS) is 9.47. The fourth-order valence-electron chi connectivity index (χ4n) is 1.29. The molecular formula is C13H15NO3. The van der Waals surface area contributed by atoms with Crippen molar-refractivity contribution in [1.29, 1.82) is 0 Å². The van der Waals surface area contributed by atoms with Gasteiger partial charge in [-0.2, -0.15) is 0 Å². The van der Waals surface area contributed by atoms with E-state index in [1.807, 2.05) is 0 Å². The number of amides is 1. The van der Waals surface area contributed by atoms with E-state index in [0.29, 0.717) is 17.9 Å². The molecule has 17 heavy (non-hydrogen) atoms. The van der Waals surface area contributed by atoms with Crippen LogP contribution in [-0.2, 0) is 0 Å². The van der Waals surface area contributed by atoms with E-state index in [0.717, 1.165) is 0 Å². The number of aliphatic hydroxyl groups excluding tert-OH is 1. The number of hydrogen-bond acceptors (Lipinski definition) is 3. The van der Waals surface area contributed by atoms with Crippen molar-refractivity contribution in [2.24, 2.45) is 0 Å². The van der Waals surface area contributed by atoms with E-state index in [-0.39, 0.29) is 19.1 Å². The lowest BCUT2D eigenvalue weighted by Crippen LogP contribution is -2.29. The highest BCUT2D eigenvalue weighted by molar-refractivity contribution is 5.94. The third-order valence-corrected chi connectivity index (χ3v) is 2.21. The average molecular weight is 233 g/mol. The molecule has 0 spiro atoms. The molecule has 0 saturated heterocycles. The minimum absolute atomic E-state index is 0.0500. The number of terminal acetylenes is 1. The van der Waals surface area contributed by atoms with Crippen LogP contribution < -0.4 is 4.74 Å². The monoisotopic (exact) mass is 233 g/mol. The summed E-state index contributed by atoms with van der Waals surface area (Å²) in [5.41, 5.74) is 0.550. The lowest BCUT2D eigenvalue weighted by molar-refractivity contribution is 0.0767. The number of benzene rings is 1. The molecule has 4 heteroatoms. The van der Waals surface area contributed by atoms with E-state index < -0.39 is 0 Å². The van der Waals surface area contributed by atoms with Gasteiger partial charge >= 0.3 is 0 Å². The molecule has 0 aromatic heterocycles. The number of carbonyl (C=O) groups excluding carboxylic acids is 1. The molecule has 0 saturated carbocycles. The molecule has 0 atom stereocenters. The molecule has 0 heterocycles. The maximum Gasteiger partial charge on any atom is 0.253 e. The van der Waals surface area contributed by atoms with Gasteiger partial charge in [0.15, 0.2) is 0 Å². The second-order valence-electron chi connectivity index (χ2n) is 3.47. The molecule has 0 unspecified atom stereocenters.